The van der Waals surface area contributed by atoms with Crippen LogP contribution in [0.25, 0.3) is 9.81 Å². The molecule has 0 aliphatic carbocycles. The highest BCUT2D eigenvalue weighted by Gasteiger charge is 2.18. The minimum atomic E-state index is -0.293. The van der Waals surface area contributed by atoms with Gasteiger partial charge in [0.1, 0.15) is 0 Å². The number of allylic oxidation sites excluding steroid dienone is 2. The molecule has 0 aliphatic heterocycles. The van der Waals surface area contributed by atoms with Crippen molar-refractivity contribution in [3.63, 3.8) is 0 Å². The number of rotatable bonds is 16. The third kappa shape index (κ3) is 13.8. The van der Waals surface area contributed by atoms with E-state index in [1.54, 1.807) is 23.9 Å². The van der Waals surface area contributed by atoms with Crippen LogP contribution in [-0.2, 0) is 6.42 Å². The number of ether oxygens (including phenoxy) is 1. The molecule has 4 heteroatoms. The zero-order valence-electron chi connectivity index (χ0n) is 26.4. The van der Waals surface area contributed by atoms with Gasteiger partial charge in [-0.25, -0.2) is 4.39 Å². The Morgan fingerprint density at radius 1 is 0.700 bits per heavy atom. The van der Waals surface area contributed by atoms with Crippen LogP contribution in [-0.4, -0.2) is 16.1 Å². The number of aryl methyl sites for hydroxylation is 1. The predicted molar refractivity (Wildman–Crippen MR) is 181 cm³/mol. The van der Waals surface area contributed by atoms with E-state index in [2.05, 4.69) is 91.8 Å². The van der Waals surface area contributed by atoms with E-state index < -0.39 is 0 Å². The van der Waals surface area contributed by atoms with Gasteiger partial charge in [-0.15, -0.1) is 23.5 Å². The lowest BCUT2D eigenvalue weighted by molar-refractivity contribution is 0.290. The molecular weight excluding hydrogens is 532 g/mol. The monoisotopic (exact) mass is 584 g/mol. The molecule has 40 heavy (non-hydrogen) atoms. The standard InChI is InChI=1S/C36H53FOS2/c1-9-11-13-14-16-26-38-32-23-22-30(27-31(32)37)34(40-36(6,7)8)25-24-33(39-35(3,4)5)29-20-18-28(19-21-29)17-15-12-10-2/h18-25,27H,9-17,26H2,1-8H3. The number of benzene rings is 2. The summed E-state index contributed by atoms with van der Waals surface area (Å²) in [7, 11) is 0. The second kappa shape index (κ2) is 17.3. The summed E-state index contributed by atoms with van der Waals surface area (Å²) in [6.07, 6.45) is 15.1. The molecule has 0 unspecified atom stereocenters. The second-order valence-corrected chi connectivity index (χ2v) is 16.3. The van der Waals surface area contributed by atoms with Crippen LogP contribution in [0.3, 0.4) is 0 Å². The molecule has 0 saturated carbocycles. The summed E-state index contributed by atoms with van der Waals surface area (Å²) in [4.78, 5) is 2.28. The zero-order valence-corrected chi connectivity index (χ0v) is 28.0. The molecule has 0 aliphatic rings. The minimum absolute atomic E-state index is 0.0126. The molecule has 0 spiro atoms. The quantitative estimate of drug-likeness (QED) is 0.143. The van der Waals surface area contributed by atoms with Crippen LogP contribution < -0.4 is 4.74 Å². The number of unbranched alkanes of at least 4 members (excludes halogenated alkanes) is 6. The smallest absolute Gasteiger partial charge is 0.165 e. The average molecular weight is 585 g/mol. The van der Waals surface area contributed by atoms with Gasteiger partial charge in [0.15, 0.2) is 11.6 Å². The Morgan fingerprint density at radius 3 is 1.77 bits per heavy atom. The fraction of sp³-hybridized carbons (Fsp3) is 0.556. The third-order valence-corrected chi connectivity index (χ3v) is 8.66. The summed E-state index contributed by atoms with van der Waals surface area (Å²) in [5, 5.41) is 0. The highest BCUT2D eigenvalue weighted by molar-refractivity contribution is 8.09. The van der Waals surface area contributed by atoms with Crippen LogP contribution in [0.15, 0.2) is 54.6 Å². The van der Waals surface area contributed by atoms with Crippen molar-refractivity contribution in [2.75, 3.05) is 6.61 Å². The van der Waals surface area contributed by atoms with Crippen LogP contribution in [0, 0.1) is 5.82 Å². The number of hydrogen-bond donors (Lipinski definition) is 0. The van der Waals surface area contributed by atoms with Gasteiger partial charge < -0.3 is 4.74 Å². The van der Waals surface area contributed by atoms with E-state index >= 15 is 4.39 Å². The van der Waals surface area contributed by atoms with E-state index in [0.717, 1.165) is 29.7 Å². The first kappa shape index (κ1) is 34.6. The van der Waals surface area contributed by atoms with Crippen molar-refractivity contribution in [3.05, 3.63) is 77.1 Å². The van der Waals surface area contributed by atoms with E-state index in [1.165, 1.54) is 54.6 Å². The summed E-state index contributed by atoms with van der Waals surface area (Å²) < 4.78 is 21.0. The summed E-state index contributed by atoms with van der Waals surface area (Å²) >= 11 is 3.64. The van der Waals surface area contributed by atoms with Crippen molar-refractivity contribution in [1.29, 1.82) is 0 Å². The molecule has 0 amide bonds. The molecule has 0 heterocycles. The Balaban J connectivity index is 2.32. The van der Waals surface area contributed by atoms with Gasteiger partial charge in [-0.05, 0) is 66.3 Å². The maximum absolute atomic E-state index is 15.1. The van der Waals surface area contributed by atoms with Gasteiger partial charge in [0.25, 0.3) is 0 Å². The fourth-order valence-electron chi connectivity index (χ4n) is 4.26. The Bertz CT molecular complexity index is 1070. The zero-order chi connectivity index (χ0) is 29.6. The normalized spacial score (nSPS) is 13.1. The van der Waals surface area contributed by atoms with Gasteiger partial charge in [0, 0.05) is 19.3 Å². The molecule has 0 N–H and O–H groups in total. The van der Waals surface area contributed by atoms with Crippen molar-refractivity contribution in [3.8, 4) is 5.75 Å². The predicted octanol–water partition coefficient (Wildman–Crippen LogP) is 12.4. The van der Waals surface area contributed by atoms with Crippen molar-refractivity contribution in [2.45, 2.75) is 123 Å². The van der Waals surface area contributed by atoms with E-state index in [-0.39, 0.29) is 15.3 Å². The molecule has 0 bridgehead atoms. The summed E-state index contributed by atoms with van der Waals surface area (Å²) in [5.74, 6) is 0.0521. The Kier molecular flexibility index (Phi) is 15.0. The Morgan fingerprint density at radius 2 is 1.23 bits per heavy atom. The van der Waals surface area contributed by atoms with Crippen LogP contribution in [0.1, 0.15) is 123 Å². The van der Waals surface area contributed by atoms with Crippen molar-refractivity contribution in [2.24, 2.45) is 0 Å². The van der Waals surface area contributed by atoms with Gasteiger partial charge in [0.05, 0.1) is 6.61 Å². The molecule has 0 radical (unpaired) electrons. The summed E-state index contributed by atoms with van der Waals surface area (Å²) in [6, 6.07) is 14.5. The first-order valence-electron chi connectivity index (χ1n) is 15.2. The van der Waals surface area contributed by atoms with Gasteiger partial charge in [-0.3, -0.25) is 0 Å². The molecule has 2 aromatic carbocycles. The van der Waals surface area contributed by atoms with E-state index in [4.69, 9.17) is 4.74 Å². The Labute approximate surface area is 253 Å². The first-order chi connectivity index (χ1) is 18.9. The Hall–Kier alpha value is -1.65. The third-order valence-electron chi connectivity index (χ3n) is 6.25. The summed E-state index contributed by atoms with van der Waals surface area (Å²) in [6.45, 7) is 18.4. The highest BCUT2D eigenvalue weighted by atomic mass is 32.2. The molecule has 0 saturated heterocycles. The van der Waals surface area contributed by atoms with Gasteiger partial charge >= 0.3 is 0 Å². The van der Waals surface area contributed by atoms with Crippen molar-refractivity contribution < 1.29 is 9.13 Å². The number of thioether (sulfide) groups is 2. The van der Waals surface area contributed by atoms with Crippen molar-refractivity contribution in [1.82, 2.24) is 0 Å². The maximum atomic E-state index is 15.1. The lowest BCUT2D eigenvalue weighted by Crippen LogP contribution is -2.08. The van der Waals surface area contributed by atoms with Gasteiger partial charge in [-0.2, -0.15) is 0 Å². The lowest BCUT2D eigenvalue weighted by atomic mass is 10.0. The first-order valence-corrected chi connectivity index (χ1v) is 16.9. The minimum Gasteiger partial charge on any atom is -0.491 e. The fourth-order valence-corrected chi connectivity index (χ4v) is 6.35. The SMILES string of the molecule is CCCCCCCOc1ccc(C(=CC=C(SC(C)(C)C)c2ccc(CCCCC)cc2)SC(C)(C)C)cc1F. The molecule has 0 atom stereocenters. The van der Waals surface area contributed by atoms with Gasteiger partial charge in [0.2, 0.25) is 0 Å². The number of hydrogen-bond acceptors (Lipinski definition) is 3. The average Bonchev–Trinajstić information content (AvgIpc) is 2.88. The molecule has 2 rings (SSSR count). The second-order valence-electron chi connectivity index (χ2n) is 12.6. The van der Waals surface area contributed by atoms with Crippen LogP contribution in [0.4, 0.5) is 4.39 Å². The van der Waals surface area contributed by atoms with Crippen LogP contribution in [0.5, 0.6) is 5.75 Å². The molecule has 0 fully saturated rings. The summed E-state index contributed by atoms with van der Waals surface area (Å²) in [5.41, 5.74) is 3.51. The highest BCUT2D eigenvalue weighted by Crippen LogP contribution is 2.41. The van der Waals surface area contributed by atoms with Crippen LogP contribution in [0.2, 0.25) is 0 Å². The van der Waals surface area contributed by atoms with E-state index in [1.807, 2.05) is 17.8 Å². The molecule has 222 valence electrons. The van der Waals surface area contributed by atoms with E-state index in [0.29, 0.717) is 12.4 Å². The molecule has 2 aromatic rings. The molecule has 1 nitrogen and oxygen atoms in total. The lowest BCUT2D eigenvalue weighted by Gasteiger charge is -2.22. The molecule has 0 aromatic heterocycles. The largest absolute Gasteiger partial charge is 0.491 e. The molecular formula is C36H53FOS2. The van der Waals surface area contributed by atoms with Crippen LogP contribution >= 0.6 is 23.5 Å². The maximum Gasteiger partial charge on any atom is 0.165 e. The van der Waals surface area contributed by atoms with E-state index in [9.17, 15) is 0 Å². The number of halogens is 1. The van der Waals surface area contributed by atoms with Crippen molar-refractivity contribution >= 4 is 33.3 Å². The topological polar surface area (TPSA) is 9.23 Å². The van der Waals surface area contributed by atoms with Gasteiger partial charge in [-0.1, -0.05) is 118 Å².